The fourth-order valence-corrected chi connectivity index (χ4v) is 3.67. The number of hydrogen-bond donors (Lipinski definition) is 3. The zero-order valence-corrected chi connectivity index (χ0v) is 16.3. The van der Waals surface area contributed by atoms with Crippen LogP contribution < -0.4 is 10.6 Å². The molecule has 3 atom stereocenters. The summed E-state index contributed by atoms with van der Waals surface area (Å²) in [6, 6.07) is 9.43. The van der Waals surface area contributed by atoms with Crippen LogP contribution in [0, 0.1) is 19.8 Å². The maximum Gasteiger partial charge on any atom is 0.253 e. The molecule has 1 aliphatic rings. The molecule has 0 bridgehead atoms. The molecule has 1 aliphatic carbocycles. The summed E-state index contributed by atoms with van der Waals surface area (Å²) in [6.07, 6.45) is 4.01. The Morgan fingerprint density at radius 1 is 1.18 bits per heavy atom. The van der Waals surface area contributed by atoms with E-state index in [1.54, 1.807) is 12.3 Å². The first-order chi connectivity index (χ1) is 13.4. The van der Waals surface area contributed by atoms with Gasteiger partial charge in [0.25, 0.3) is 5.91 Å². The molecule has 1 aromatic heterocycles. The van der Waals surface area contributed by atoms with Gasteiger partial charge < -0.3 is 15.7 Å². The van der Waals surface area contributed by atoms with Crippen LogP contribution in [-0.4, -0.2) is 40.6 Å². The number of benzene rings is 1. The van der Waals surface area contributed by atoms with Crippen LogP contribution in [0.4, 0.5) is 0 Å². The molecule has 0 saturated heterocycles. The zero-order chi connectivity index (χ0) is 20.1. The predicted molar refractivity (Wildman–Crippen MR) is 107 cm³/mol. The lowest BCUT2D eigenvalue weighted by Gasteiger charge is -2.16. The Balaban J connectivity index is 1.49. The van der Waals surface area contributed by atoms with Crippen LogP contribution in [0.1, 0.15) is 39.9 Å². The van der Waals surface area contributed by atoms with Crippen molar-refractivity contribution >= 4 is 11.8 Å². The van der Waals surface area contributed by atoms with E-state index in [2.05, 4.69) is 34.7 Å². The molecule has 148 valence electrons. The molecule has 1 aromatic carbocycles. The SMILES string of the molecule is Cc1cncc(C(=O)N[C@@H]2C[C@H](C(=O)NCCc3ccccc3C)C[C@H]2O)c1. The molecule has 1 saturated carbocycles. The molecule has 6 heteroatoms. The quantitative estimate of drug-likeness (QED) is 0.713. The van der Waals surface area contributed by atoms with E-state index in [-0.39, 0.29) is 17.7 Å². The van der Waals surface area contributed by atoms with Crippen molar-refractivity contribution in [2.45, 2.75) is 45.3 Å². The maximum absolute atomic E-state index is 12.5. The van der Waals surface area contributed by atoms with Crippen LogP contribution in [0.15, 0.2) is 42.7 Å². The molecule has 0 radical (unpaired) electrons. The third kappa shape index (κ3) is 4.95. The van der Waals surface area contributed by atoms with Crippen molar-refractivity contribution < 1.29 is 14.7 Å². The van der Waals surface area contributed by atoms with E-state index in [9.17, 15) is 14.7 Å². The number of aliphatic hydroxyl groups is 1. The van der Waals surface area contributed by atoms with E-state index in [4.69, 9.17) is 0 Å². The molecule has 3 N–H and O–H groups in total. The van der Waals surface area contributed by atoms with Crippen LogP contribution in [0.3, 0.4) is 0 Å². The Morgan fingerprint density at radius 2 is 1.96 bits per heavy atom. The second-order valence-corrected chi connectivity index (χ2v) is 7.53. The van der Waals surface area contributed by atoms with Crippen molar-refractivity contribution in [1.29, 1.82) is 0 Å². The van der Waals surface area contributed by atoms with Crippen LogP contribution in [0.2, 0.25) is 0 Å². The number of aromatic nitrogens is 1. The molecule has 6 nitrogen and oxygen atoms in total. The molecule has 1 fully saturated rings. The molecule has 0 aliphatic heterocycles. The number of aryl methyl sites for hydroxylation is 2. The first kappa shape index (κ1) is 20.0. The highest BCUT2D eigenvalue weighted by atomic mass is 16.3. The Kier molecular flexibility index (Phi) is 6.41. The van der Waals surface area contributed by atoms with E-state index in [0.717, 1.165) is 12.0 Å². The van der Waals surface area contributed by atoms with Gasteiger partial charge in [0.2, 0.25) is 5.91 Å². The third-order valence-corrected chi connectivity index (χ3v) is 5.31. The lowest BCUT2D eigenvalue weighted by molar-refractivity contribution is -0.125. The Labute approximate surface area is 165 Å². The van der Waals surface area contributed by atoms with E-state index >= 15 is 0 Å². The van der Waals surface area contributed by atoms with Gasteiger partial charge in [-0.3, -0.25) is 14.6 Å². The summed E-state index contributed by atoms with van der Waals surface area (Å²) in [5, 5.41) is 16.1. The number of hydrogen-bond acceptors (Lipinski definition) is 4. The maximum atomic E-state index is 12.5. The molecule has 2 amide bonds. The number of rotatable bonds is 6. The smallest absolute Gasteiger partial charge is 0.253 e. The van der Waals surface area contributed by atoms with Gasteiger partial charge in [-0.05, 0) is 55.9 Å². The molecule has 0 spiro atoms. The second-order valence-electron chi connectivity index (χ2n) is 7.53. The van der Waals surface area contributed by atoms with Crippen molar-refractivity contribution in [2.24, 2.45) is 5.92 Å². The fraction of sp³-hybridized carbons (Fsp3) is 0.409. The predicted octanol–water partition coefficient (Wildman–Crippen LogP) is 1.93. The summed E-state index contributed by atoms with van der Waals surface area (Å²) in [7, 11) is 0. The van der Waals surface area contributed by atoms with Crippen LogP contribution >= 0.6 is 0 Å². The van der Waals surface area contributed by atoms with Gasteiger partial charge in [-0.25, -0.2) is 0 Å². The molecule has 28 heavy (non-hydrogen) atoms. The minimum absolute atomic E-state index is 0.0680. The molecule has 2 aromatic rings. The standard InChI is InChI=1S/C22H27N3O3/c1-14-9-18(13-23-12-14)22(28)25-19-10-17(11-20(19)26)21(27)24-8-7-16-6-4-3-5-15(16)2/h3-6,9,12-13,17,19-20,26H,7-8,10-11H2,1-2H3,(H,24,27)(H,25,28)/t17-,19+,20+/m0/s1. The number of nitrogens with one attached hydrogen (secondary N) is 2. The summed E-state index contributed by atoms with van der Waals surface area (Å²) in [5.74, 6) is -0.643. The number of carbonyl (C=O) groups excluding carboxylic acids is 2. The van der Waals surface area contributed by atoms with Crippen molar-refractivity contribution in [3.63, 3.8) is 0 Å². The number of amides is 2. The highest BCUT2D eigenvalue weighted by molar-refractivity contribution is 5.94. The number of carbonyl (C=O) groups is 2. The first-order valence-corrected chi connectivity index (χ1v) is 9.67. The summed E-state index contributed by atoms with van der Waals surface area (Å²) in [4.78, 5) is 28.9. The number of nitrogens with zero attached hydrogens (tertiary/aromatic N) is 1. The van der Waals surface area contributed by atoms with Crippen molar-refractivity contribution in [3.8, 4) is 0 Å². The topological polar surface area (TPSA) is 91.3 Å². The normalized spacial score (nSPS) is 21.3. The third-order valence-electron chi connectivity index (χ3n) is 5.31. The monoisotopic (exact) mass is 381 g/mol. The Hall–Kier alpha value is -2.73. The van der Waals surface area contributed by atoms with Gasteiger partial charge in [0.1, 0.15) is 0 Å². The van der Waals surface area contributed by atoms with Crippen molar-refractivity contribution in [1.82, 2.24) is 15.6 Å². The first-order valence-electron chi connectivity index (χ1n) is 9.67. The van der Waals surface area contributed by atoms with E-state index in [0.29, 0.717) is 24.9 Å². The lowest BCUT2D eigenvalue weighted by Crippen LogP contribution is -2.40. The van der Waals surface area contributed by atoms with Gasteiger partial charge in [-0.1, -0.05) is 24.3 Å². The average Bonchev–Trinajstić information content (AvgIpc) is 3.04. The van der Waals surface area contributed by atoms with Gasteiger partial charge in [-0.2, -0.15) is 0 Å². The van der Waals surface area contributed by atoms with Crippen molar-refractivity contribution in [3.05, 3.63) is 65.0 Å². The molecule has 3 rings (SSSR count). The largest absolute Gasteiger partial charge is 0.391 e. The Bertz CT molecular complexity index is 852. The van der Waals surface area contributed by atoms with E-state index in [1.165, 1.54) is 17.3 Å². The summed E-state index contributed by atoms with van der Waals surface area (Å²) >= 11 is 0. The summed E-state index contributed by atoms with van der Waals surface area (Å²) in [5.41, 5.74) is 3.77. The summed E-state index contributed by atoms with van der Waals surface area (Å²) in [6.45, 7) is 4.48. The summed E-state index contributed by atoms with van der Waals surface area (Å²) < 4.78 is 0. The molecule has 0 unspecified atom stereocenters. The van der Waals surface area contributed by atoms with Crippen molar-refractivity contribution in [2.75, 3.05) is 6.54 Å². The van der Waals surface area contributed by atoms with Gasteiger partial charge >= 0.3 is 0 Å². The highest BCUT2D eigenvalue weighted by Gasteiger charge is 2.37. The second kappa shape index (κ2) is 8.97. The van der Waals surface area contributed by atoms with Gasteiger partial charge in [-0.15, -0.1) is 0 Å². The number of pyridine rings is 1. The number of aliphatic hydroxyl groups excluding tert-OH is 1. The minimum atomic E-state index is -0.728. The average molecular weight is 381 g/mol. The highest BCUT2D eigenvalue weighted by Crippen LogP contribution is 2.26. The molecule has 1 heterocycles. The minimum Gasteiger partial charge on any atom is -0.391 e. The molecular weight excluding hydrogens is 354 g/mol. The van der Waals surface area contributed by atoms with Crippen LogP contribution in [0.5, 0.6) is 0 Å². The van der Waals surface area contributed by atoms with Gasteiger partial charge in [0.05, 0.1) is 17.7 Å². The van der Waals surface area contributed by atoms with Crippen LogP contribution in [-0.2, 0) is 11.2 Å². The van der Waals surface area contributed by atoms with Crippen LogP contribution in [0.25, 0.3) is 0 Å². The molecular formula is C22H27N3O3. The zero-order valence-electron chi connectivity index (χ0n) is 16.3. The fourth-order valence-electron chi connectivity index (χ4n) is 3.67. The van der Waals surface area contributed by atoms with Gasteiger partial charge in [0, 0.05) is 24.9 Å². The lowest BCUT2D eigenvalue weighted by atomic mass is 10.0. The van der Waals surface area contributed by atoms with E-state index < -0.39 is 12.1 Å². The van der Waals surface area contributed by atoms with E-state index in [1.807, 2.05) is 19.1 Å². The Morgan fingerprint density at radius 3 is 2.71 bits per heavy atom. The van der Waals surface area contributed by atoms with Gasteiger partial charge in [0.15, 0.2) is 0 Å².